The summed E-state index contributed by atoms with van der Waals surface area (Å²) in [4.78, 5) is 23.7. The molecule has 0 fully saturated rings. The molecular weight excluding hydrogens is 288 g/mol. The fourth-order valence-electron chi connectivity index (χ4n) is 1.44. The predicted octanol–water partition coefficient (Wildman–Crippen LogP) is 2.70. The van der Waals surface area contributed by atoms with Crippen LogP contribution in [-0.2, 0) is 11.3 Å². The maximum Gasteiger partial charge on any atom is 0.326 e. The molecular formula is C12H17ClN2O3S. The van der Waals surface area contributed by atoms with E-state index in [1.807, 2.05) is 6.07 Å². The van der Waals surface area contributed by atoms with E-state index >= 15 is 0 Å². The van der Waals surface area contributed by atoms with Crippen LogP contribution < -0.4 is 10.6 Å². The van der Waals surface area contributed by atoms with E-state index in [0.29, 0.717) is 10.9 Å². The molecule has 19 heavy (non-hydrogen) atoms. The molecule has 0 saturated carbocycles. The molecule has 0 aliphatic heterocycles. The van der Waals surface area contributed by atoms with E-state index in [-0.39, 0.29) is 0 Å². The highest BCUT2D eigenvalue weighted by Crippen LogP contribution is 2.21. The Morgan fingerprint density at radius 1 is 1.42 bits per heavy atom. The van der Waals surface area contributed by atoms with Crippen LogP contribution in [0, 0.1) is 5.41 Å². The molecule has 0 spiro atoms. The average molecular weight is 305 g/mol. The first-order chi connectivity index (χ1) is 8.70. The standard InChI is InChI=1S/C12H17ClN2O3S/c1-12(2,3)9(10(16)17)15-11(18)14-6-7-4-5-8(13)19-7/h4-5,9H,6H2,1-3H3,(H,16,17)(H2,14,15,18)/t9-/m1/s1. The molecule has 2 amide bonds. The predicted molar refractivity (Wildman–Crippen MR) is 75.6 cm³/mol. The van der Waals surface area contributed by atoms with Crippen LogP contribution in [0.1, 0.15) is 25.6 Å². The lowest BCUT2D eigenvalue weighted by molar-refractivity contribution is -0.141. The lowest BCUT2D eigenvalue weighted by Crippen LogP contribution is -2.52. The molecule has 1 atom stereocenters. The molecule has 0 aromatic carbocycles. The minimum Gasteiger partial charge on any atom is -0.480 e. The second-order valence-corrected chi connectivity index (χ2v) is 6.97. The van der Waals surface area contributed by atoms with Gasteiger partial charge in [0.25, 0.3) is 0 Å². The van der Waals surface area contributed by atoms with E-state index in [0.717, 1.165) is 4.88 Å². The Balaban J connectivity index is 2.52. The van der Waals surface area contributed by atoms with Gasteiger partial charge in [0.1, 0.15) is 6.04 Å². The molecule has 106 valence electrons. The number of nitrogens with one attached hydrogen (secondary N) is 2. The SMILES string of the molecule is CC(C)(C)[C@H](NC(=O)NCc1ccc(Cl)s1)C(=O)O. The van der Waals surface area contributed by atoms with Gasteiger partial charge in [-0.05, 0) is 17.5 Å². The van der Waals surface area contributed by atoms with Gasteiger partial charge < -0.3 is 15.7 Å². The summed E-state index contributed by atoms with van der Waals surface area (Å²) in [5.74, 6) is -1.05. The summed E-state index contributed by atoms with van der Waals surface area (Å²) in [6.07, 6.45) is 0. The summed E-state index contributed by atoms with van der Waals surface area (Å²) in [6, 6.07) is 2.11. The van der Waals surface area contributed by atoms with Crippen LogP contribution in [0.15, 0.2) is 12.1 Å². The third-order valence-corrected chi connectivity index (χ3v) is 3.67. The van der Waals surface area contributed by atoms with Crippen LogP contribution in [0.2, 0.25) is 4.34 Å². The number of carboxylic acids is 1. The van der Waals surface area contributed by atoms with Crippen molar-refractivity contribution in [2.45, 2.75) is 33.4 Å². The summed E-state index contributed by atoms with van der Waals surface area (Å²) in [5, 5.41) is 14.2. The monoisotopic (exact) mass is 304 g/mol. The van der Waals surface area contributed by atoms with Gasteiger partial charge >= 0.3 is 12.0 Å². The molecule has 0 saturated heterocycles. The maximum atomic E-state index is 11.7. The van der Waals surface area contributed by atoms with E-state index in [4.69, 9.17) is 16.7 Å². The van der Waals surface area contributed by atoms with E-state index < -0.39 is 23.5 Å². The van der Waals surface area contributed by atoms with Crippen LogP contribution in [0.3, 0.4) is 0 Å². The third kappa shape index (κ3) is 5.08. The van der Waals surface area contributed by atoms with Crippen molar-refractivity contribution < 1.29 is 14.7 Å². The van der Waals surface area contributed by atoms with Gasteiger partial charge in [-0.1, -0.05) is 32.4 Å². The molecule has 0 aliphatic rings. The molecule has 1 rings (SSSR count). The number of rotatable bonds is 4. The molecule has 5 nitrogen and oxygen atoms in total. The highest BCUT2D eigenvalue weighted by Gasteiger charge is 2.32. The van der Waals surface area contributed by atoms with Gasteiger partial charge in [0.05, 0.1) is 10.9 Å². The van der Waals surface area contributed by atoms with E-state index in [9.17, 15) is 9.59 Å². The number of urea groups is 1. The Hall–Kier alpha value is -1.27. The minimum absolute atomic E-state index is 0.319. The van der Waals surface area contributed by atoms with Crippen molar-refractivity contribution in [1.82, 2.24) is 10.6 Å². The first kappa shape index (κ1) is 15.8. The van der Waals surface area contributed by atoms with Gasteiger partial charge in [0.2, 0.25) is 0 Å². The molecule has 1 aromatic heterocycles. The zero-order chi connectivity index (χ0) is 14.6. The number of carbonyl (C=O) groups is 2. The number of halogens is 1. The van der Waals surface area contributed by atoms with E-state index in [1.54, 1.807) is 26.8 Å². The van der Waals surface area contributed by atoms with Crippen molar-refractivity contribution in [3.63, 3.8) is 0 Å². The van der Waals surface area contributed by atoms with E-state index in [2.05, 4.69) is 10.6 Å². The molecule has 1 aromatic rings. The number of carboxylic acid groups (broad SMARTS) is 1. The van der Waals surface area contributed by atoms with Crippen LogP contribution in [0.5, 0.6) is 0 Å². The van der Waals surface area contributed by atoms with Gasteiger partial charge in [-0.25, -0.2) is 9.59 Å². The van der Waals surface area contributed by atoms with Gasteiger partial charge in [0, 0.05) is 4.88 Å². The van der Waals surface area contributed by atoms with Crippen LogP contribution in [0.25, 0.3) is 0 Å². The van der Waals surface area contributed by atoms with Gasteiger partial charge in [0.15, 0.2) is 0 Å². The smallest absolute Gasteiger partial charge is 0.326 e. The average Bonchev–Trinajstić information content (AvgIpc) is 2.67. The van der Waals surface area contributed by atoms with Crippen molar-refractivity contribution in [2.24, 2.45) is 5.41 Å². The van der Waals surface area contributed by atoms with Crippen LogP contribution >= 0.6 is 22.9 Å². The zero-order valence-electron chi connectivity index (χ0n) is 11.0. The lowest BCUT2D eigenvalue weighted by atomic mass is 9.87. The highest BCUT2D eigenvalue weighted by atomic mass is 35.5. The fraction of sp³-hybridized carbons (Fsp3) is 0.500. The Morgan fingerprint density at radius 3 is 2.47 bits per heavy atom. The van der Waals surface area contributed by atoms with Gasteiger partial charge in [-0.3, -0.25) is 0 Å². The Labute approximate surface area is 121 Å². The van der Waals surface area contributed by atoms with Crippen molar-refractivity contribution in [3.05, 3.63) is 21.3 Å². The highest BCUT2D eigenvalue weighted by molar-refractivity contribution is 7.16. The van der Waals surface area contributed by atoms with E-state index in [1.165, 1.54) is 11.3 Å². The Bertz CT molecular complexity index is 468. The number of thiophene rings is 1. The number of aliphatic carboxylic acids is 1. The van der Waals surface area contributed by atoms with Crippen LogP contribution in [-0.4, -0.2) is 23.1 Å². The topological polar surface area (TPSA) is 78.4 Å². The summed E-state index contributed by atoms with van der Waals surface area (Å²) in [7, 11) is 0. The van der Waals surface area contributed by atoms with Crippen LogP contribution in [0.4, 0.5) is 4.79 Å². The number of hydrogen-bond acceptors (Lipinski definition) is 3. The lowest BCUT2D eigenvalue weighted by Gasteiger charge is -2.27. The van der Waals surface area contributed by atoms with Gasteiger partial charge in [-0.15, -0.1) is 11.3 Å². The molecule has 0 bridgehead atoms. The maximum absolute atomic E-state index is 11.7. The number of hydrogen-bond donors (Lipinski definition) is 3. The summed E-state index contributed by atoms with van der Waals surface area (Å²) in [6.45, 7) is 5.58. The summed E-state index contributed by atoms with van der Waals surface area (Å²) in [5.41, 5.74) is -0.560. The van der Waals surface area contributed by atoms with Crippen molar-refractivity contribution in [3.8, 4) is 0 Å². The summed E-state index contributed by atoms with van der Waals surface area (Å²) >= 11 is 7.14. The van der Waals surface area contributed by atoms with Crippen molar-refractivity contribution >= 4 is 34.9 Å². The first-order valence-corrected chi connectivity index (χ1v) is 6.91. The second-order valence-electron chi connectivity index (χ2n) is 5.17. The minimum atomic E-state index is -1.05. The molecule has 0 radical (unpaired) electrons. The number of carbonyl (C=O) groups excluding carboxylic acids is 1. The second kappa shape index (κ2) is 6.25. The Morgan fingerprint density at radius 2 is 2.05 bits per heavy atom. The zero-order valence-corrected chi connectivity index (χ0v) is 12.6. The largest absolute Gasteiger partial charge is 0.480 e. The molecule has 0 unspecified atom stereocenters. The van der Waals surface area contributed by atoms with Crippen molar-refractivity contribution in [1.29, 1.82) is 0 Å². The van der Waals surface area contributed by atoms with Gasteiger partial charge in [-0.2, -0.15) is 0 Å². The summed E-state index contributed by atoms with van der Waals surface area (Å²) < 4.78 is 0.648. The Kier molecular flexibility index (Phi) is 5.20. The number of amides is 2. The first-order valence-electron chi connectivity index (χ1n) is 5.71. The molecule has 0 aliphatic carbocycles. The molecule has 3 N–H and O–H groups in total. The quantitative estimate of drug-likeness (QED) is 0.800. The molecule has 1 heterocycles. The normalized spacial score (nSPS) is 12.8. The van der Waals surface area contributed by atoms with Crippen molar-refractivity contribution in [2.75, 3.05) is 0 Å². The fourth-order valence-corrected chi connectivity index (χ4v) is 2.47. The third-order valence-electron chi connectivity index (χ3n) is 2.44. The molecule has 7 heteroatoms.